The smallest absolute Gasteiger partial charge is 0.181 e. The minimum atomic E-state index is -0.283. The minimum Gasteiger partial charge on any atom is -0.496 e. The number of ether oxygens (including phenoxy) is 1. The molecule has 148 valence electrons. The third kappa shape index (κ3) is 3.24. The predicted octanol–water partition coefficient (Wildman–Crippen LogP) is 4.94. The van der Waals surface area contributed by atoms with Crippen LogP contribution >= 0.6 is 0 Å². The molecule has 0 amide bonds. The summed E-state index contributed by atoms with van der Waals surface area (Å²) in [7, 11) is 1.60. The third-order valence-electron chi connectivity index (χ3n) is 4.69. The summed E-state index contributed by atoms with van der Waals surface area (Å²) < 4.78 is 25.9. The van der Waals surface area contributed by atoms with Crippen molar-refractivity contribution in [2.75, 3.05) is 12.4 Å². The molecule has 30 heavy (non-hydrogen) atoms. The fourth-order valence-corrected chi connectivity index (χ4v) is 3.24. The largest absolute Gasteiger partial charge is 0.496 e. The van der Waals surface area contributed by atoms with Crippen LogP contribution in [0.2, 0.25) is 0 Å². The summed E-state index contributed by atoms with van der Waals surface area (Å²) in [5.74, 6) is 0.987. The number of nitrogens with one attached hydrogen (secondary N) is 1. The van der Waals surface area contributed by atoms with Gasteiger partial charge in [0.05, 0.1) is 30.8 Å². The first-order valence-electron chi connectivity index (χ1n) is 9.14. The SMILES string of the molecule is COc1cc(Nc2cncn3cc(-c4ccc(F)cc4)nc23)ccc1-c1cnco1. The molecule has 0 radical (unpaired) electrons. The van der Waals surface area contributed by atoms with Gasteiger partial charge in [-0.2, -0.15) is 0 Å². The van der Waals surface area contributed by atoms with Crippen LogP contribution in [-0.4, -0.2) is 26.5 Å². The van der Waals surface area contributed by atoms with E-state index in [1.807, 2.05) is 28.8 Å². The van der Waals surface area contributed by atoms with Crippen LogP contribution in [0.25, 0.3) is 28.2 Å². The van der Waals surface area contributed by atoms with E-state index in [-0.39, 0.29) is 5.82 Å². The van der Waals surface area contributed by atoms with Gasteiger partial charge in [0.25, 0.3) is 0 Å². The Hall–Kier alpha value is -4.20. The number of oxazole rings is 1. The number of hydrogen-bond acceptors (Lipinski definition) is 6. The van der Waals surface area contributed by atoms with E-state index in [1.165, 1.54) is 18.5 Å². The van der Waals surface area contributed by atoms with Crippen LogP contribution in [0.4, 0.5) is 15.8 Å². The summed E-state index contributed by atoms with van der Waals surface area (Å²) in [4.78, 5) is 12.9. The van der Waals surface area contributed by atoms with Crippen LogP contribution < -0.4 is 10.1 Å². The molecule has 0 bridgehead atoms. The van der Waals surface area contributed by atoms with Crippen molar-refractivity contribution >= 4 is 17.0 Å². The lowest BCUT2D eigenvalue weighted by Gasteiger charge is -2.11. The zero-order valence-corrected chi connectivity index (χ0v) is 15.9. The maximum atomic E-state index is 13.2. The zero-order valence-electron chi connectivity index (χ0n) is 15.9. The normalized spacial score (nSPS) is 11.0. The maximum Gasteiger partial charge on any atom is 0.181 e. The lowest BCUT2D eigenvalue weighted by Crippen LogP contribution is -1.97. The molecule has 0 aliphatic carbocycles. The second kappa shape index (κ2) is 7.32. The van der Waals surface area contributed by atoms with E-state index >= 15 is 0 Å². The molecule has 1 N–H and O–H groups in total. The molecule has 0 spiro atoms. The fourth-order valence-electron chi connectivity index (χ4n) is 3.24. The topological polar surface area (TPSA) is 77.5 Å². The van der Waals surface area contributed by atoms with Crippen LogP contribution in [0, 0.1) is 5.82 Å². The lowest BCUT2D eigenvalue weighted by atomic mass is 10.1. The second-order valence-corrected chi connectivity index (χ2v) is 6.58. The maximum absolute atomic E-state index is 13.2. The molecule has 0 saturated heterocycles. The summed E-state index contributed by atoms with van der Waals surface area (Å²) in [5.41, 5.74) is 4.57. The quantitative estimate of drug-likeness (QED) is 0.449. The Morgan fingerprint density at radius 3 is 2.70 bits per heavy atom. The standard InChI is InChI=1S/C22H16FN5O2/c1-29-20-8-16(6-7-17(20)21-10-25-13-30-21)26-18-9-24-12-28-11-19(27-22(18)28)14-2-4-15(23)5-3-14/h2-13,26H,1H3. The van der Waals surface area contributed by atoms with Crippen LogP contribution in [0.5, 0.6) is 5.75 Å². The number of nitrogens with zero attached hydrogens (tertiary/aromatic N) is 4. The van der Waals surface area contributed by atoms with Gasteiger partial charge in [-0.3, -0.25) is 4.40 Å². The Labute approximate surface area is 170 Å². The van der Waals surface area contributed by atoms with E-state index in [0.29, 0.717) is 17.2 Å². The average Bonchev–Trinajstić information content (AvgIpc) is 3.45. The second-order valence-electron chi connectivity index (χ2n) is 6.58. The van der Waals surface area contributed by atoms with E-state index in [1.54, 1.807) is 38.0 Å². The Morgan fingerprint density at radius 2 is 1.93 bits per heavy atom. The average molecular weight is 401 g/mol. The number of hydrogen-bond donors (Lipinski definition) is 1. The van der Waals surface area contributed by atoms with Crippen molar-refractivity contribution in [3.63, 3.8) is 0 Å². The van der Waals surface area contributed by atoms with Crippen LogP contribution in [-0.2, 0) is 0 Å². The molecule has 8 heteroatoms. The Kier molecular flexibility index (Phi) is 4.36. The van der Waals surface area contributed by atoms with E-state index in [2.05, 4.69) is 15.3 Å². The molecule has 0 aliphatic rings. The van der Waals surface area contributed by atoms with Crippen LogP contribution in [0.15, 0.2) is 78.2 Å². The fraction of sp³-hybridized carbons (Fsp3) is 0.0455. The molecule has 5 rings (SSSR count). The molecule has 3 heterocycles. The molecule has 0 atom stereocenters. The van der Waals surface area contributed by atoms with Crippen molar-refractivity contribution in [2.45, 2.75) is 0 Å². The first-order chi connectivity index (χ1) is 14.7. The molecule has 0 saturated carbocycles. The van der Waals surface area contributed by atoms with Gasteiger partial charge in [0, 0.05) is 23.5 Å². The molecule has 5 aromatic rings. The number of fused-ring (bicyclic) bond motifs is 1. The van der Waals surface area contributed by atoms with Crippen molar-refractivity contribution in [1.29, 1.82) is 0 Å². The van der Waals surface area contributed by atoms with E-state index < -0.39 is 0 Å². The Bertz CT molecular complexity index is 1310. The molecule has 3 aromatic heterocycles. The van der Waals surface area contributed by atoms with Crippen molar-refractivity contribution < 1.29 is 13.5 Å². The number of halogens is 1. The van der Waals surface area contributed by atoms with Crippen molar-refractivity contribution in [2.24, 2.45) is 0 Å². The molecule has 0 unspecified atom stereocenters. The summed E-state index contributed by atoms with van der Waals surface area (Å²) >= 11 is 0. The van der Waals surface area contributed by atoms with Crippen molar-refractivity contribution in [3.05, 3.63) is 79.6 Å². The van der Waals surface area contributed by atoms with E-state index in [0.717, 1.165) is 28.2 Å². The first-order valence-corrected chi connectivity index (χ1v) is 9.14. The summed E-state index contributed by atoms with van der Waals surface area (Å²) in [6.07, 6.45) is 8.25. The highest BCUT2D eigenvalue weighted by molar-refractivity contribution is 5.78. The highest BCUT2D eigenvalue weighted by atomic mass is 19.1. The molecular formula is C22H16FN5O2. The summed E-state index contributed by atoms with van der Waals surface area (Å²) in [5, 5.41) is 3.34. The van der Waals surface area contributed by atoms with Crippen LogP contribution in [0.1, 0.15) is 0 Å². The van der Waals surface area contributed by atoms with Gasteiger partial charge >= 0.3 is 0 Å². The van der Waals surface area contributed by atoms with Gasteiger partial charge in [-0.25, -0.2) is 19.3 Å². The number of aromatic nitrogens is 4. The van der Waals surface area contributed by atoms with Gasteiger partial charge in [-0.15, -0.1) is 0 Å². The minimum absolute atomic E-state index is 0.283. The van der Waals surface area contributed by atoms with Gasteiger partial charge < -0.3 is 14.5 Å². The highest BCUT2D eigenvalue weighted by Gasteiger charge is 2.12. The number of methoxy groups -OCH3 is 1. The third-order valence-corrected chi connectivity index (χ3v) is 4.69. The van der Waals surface area contributed by atoms with Gasteiger partial charge in [0.2, 0.25) is 0 Å². The molecule has 7 nitrogen and oxygen atoms in total. The molecule has 0 aliphatic heterocycles. The number of imidazole rings is 1. The Morgan fingerprint density at radius 1 is 1.07 bits per heavy atom. The zero-order chi connectivity index (χ0) is 20.5. The van der Waals surface area contributed by atoms with E-state index in [4.69, 9.17) is 14.1 Å². The lowest BCUT2D eigenvalue weighted by molar-refractivity contribution is 0.415. The van der Waals surface area contributed by atoms with Crippen molar-refractivity contribution in [1.82, 2.24) is 19.4 Å². The molecule has 0 fully saturated rings. The monoisotopic (exact) mass is 401 g/mol. The molecular weight excluding hydrogens is 385 g/mol. The van der Waals surface area contributed by atoms with Crippen LogP contribution in [0.3, 0.4) is 0 Å². The van der Waals surface area contributed by atoms with Gasteiger partial charge in [0.15, 0.2) is 17.8 Å². The Balaban J connectivity index is 1.50. The number of rotatable bonds is 5. The number of anilines is 2. The van der Waals surface area contributed by atoms with E-state index in [9.17, 15) is 4.39 Å². The number of benzene rings is 2. The van der Waals surface area contributed by atoms with Gasteiger partial charge in [-0.1, -0.05) is 0 Å². The van der Waals surface area contributed by atoms with Gasteiger partial charge in [-0.05, 0) is 36.4 Å². The summed E-state index contributed by atoms with van der Waals surface area (Å²) in [6, 6.07) is 11.9. The highest BCUT2D eigenvalue weighted by Crippen LogP contribution is 2.34. The predicted molar refractivity (Wildman–Crippen MR) is 110 cm³/mol. The summed E-state index contributed by atoms with van der Waals surface area (Å²) in [6.45, 7) is 0. The molecule has 2 aromatic carbocycles. The first kappa shape index (κ1) is 17.9. The van der Waals surface area contributed by atoms with Gasteiger partial charge in [0.1, 0.15) is 23.6 Å². The van der Waals surface area contributed by atoms with Crippen molar-refractivity contribution in [3.8, 4) is 28.3 Å².